The largest absolute Gasteiger partial charge is 0.401 e. The van der Waals surface area contributed by atoms with Crippen molar-refractivity contribution in [2.45, 2.75) is 25.3 Å². The van der Waals surface area contributed by atoms with E-state index in [1.165, 1.54) is 19.3 Å². The zero-order valence-electron chi connectivity index (χ0n) is 6.71. The third-order valence-electron chi connectivity index (χ3n) is 1.78. The number of rotatable bonds is 4. The van der Waals surface area contributed by atoms with Gasteiger partial charge in [0.1, 0.15) is 0 Å². The molecule has 0 aromatic rings. The van der Waals surface area contributed by atoms with Crippen LogP contribution in [0.15, 0.2) is 17.3 Å². The fourth-order valence-corrected chi connectivity index (χ4v) is 0.871. The second-order valence-electron chi connectivity index (χ2n) is 2.90. The van der Waals surface area contributed by atoms with Gasteiger partial charge in [0.15, 0.2) is 0 Å². The summed E-state index contributed by atoms with van der Waals surface area (Å²) in [5.74, 6) is 0. The Morgan fingerprint density at radius 1 is 1.73 bits per heavy atom. The molecule has 3 heteroatoms. The highest BCUT2D eigenvalue weighted by atomic mass is 15.0. The summed E-state index contributed by atoms with van der Waals surface area (Å²) in [6, 6.07) is 0.563. The summed E-state index contributed by atoms with van der Waals surface area (Å²) in [5, 5.41) is 2.97. The van der Waals surface area contributed by atoms with E-state index in [0.717, 1.165) is 0 Å². The van der Waals surface area contributed by atoms with Crippen molar-refractivity contribution in [2.75, 3.05) is 6.54 Å². The molecular formula is C8H15N3. The quantitative estimate of drug-likeness (QED) is 0.459. The highest BCUT2D eigenvalue weighted by Crippen LogP contribution is 2.20. The smallest absolute Gasteiger partial charge is 0.0830 e. The van der Waals surface area contributed by atoms with E-state index in [1.54, 1.807) is 6.34 Å². The molecule has 62 valence electrons. The van der Waals surface area contributed by atoms with E-state index in [1.807, 2.05) is 0 Å². The van der Waals surface area contributed by atoms with Gasteiger partial charge in [0.05, 0.1) is 18.9 Å². The molecule has 0 atom stereocenters. The Hall–Kier alpha value is -0.990. The second kappa shape index (κ2) is 4.01. The van der Waals surface area contributed by atoms with Gasteiger partial charge in [-0.3, -0.25) is 4.99 Å². The van der Waals surface area contributed by atoms with Crippen LogP contribution in [0, 0.1) is 0 Å². The molecular weight excluding hydrogens is 138 g/mol. The minimum atomic E-state index is 0.563. The van der Waals surface area contributed by atoms with Gasteiger partial charge < -0.3 is 11.1 Å². The number of nitrogens with one attached hydrogen (secondary N) is 1. The Morgan fingerprint density at radius 3 is 2.91 bits per heavy atom. The van der Waals surface area contributed by atoms with Gasteiger partial charge in [0.2, 0.25) is 0 Å². The normalized spacial score (nSPS) is 18.2. The first-order chi connectivity index (χ1) is 5.29. The molecule has 1 fully saturated rings. The summed E-state index contributed by atoms with van der Waals surface area (Å²) in [7, 11) is 0. The number of nitrogens with zero attached hydrogens (tertiary/aromatic N) is 1. The van der Waals surface area contributed by atoms with E-state index in [4.69, 9.17) is 5.73 Å². The summed E-state index contributed by atoms with van der Waals surface area (Å²) >= 11 is 0. The lowest BCUT2D eigenvalue weighted by molar-refractivity contribution is 0.420. The van der Waals surface area contributed by atoms with Crippen molar-refractivity contribution in [2.24, 2.45) is 10.7 Å². The standard InChI is InChI=1S/C8H15N3/c1-7(9)5-10-6-11-8-3-2-4-8/h6,8H,1-5,9H2,(H,10,11). The Kier molecular flexibility index (Phi) is 2.95. The number of hydrogen-bond donors (Lipinski definition) is 2. The molecule has 0 radical (unpaired) electrons. The monoisotopic (exact) mass is 153 g/mol. The lowest BCUT2D eigenvalue weighted by Crippen LogP contribution is -2.21. The Balaban J connectivity index is 2.00. The van der Waals surface area contributed by atoms with Crippen LogP contribution in [0.2, 0.25) is 0 Å². The summed E-state index contributed by atoms with van der Waals surface area (Å²) in [6.07, 6.45) is 5.54. The highest BCUT2D eigenvalue weighted by molar-refractivity contribution is 5.55. The Bertz CT molecular complexity index is 159. The van der Waals surface area contributed by atoms with Crippen LogP contribution < -0.4 is 11.1 Å². The van der Waals surface area contributed by atoms with Crippen LogP contribution in [0.4, 0.5) is 0 Å². The molecule has 1 rings (SSSR count). The van der Waals surface area contributed by atoms with Crippen LogP contribution in [0.3, 0.4) is 0 Å². The topological polar surface area (TPSA) is 50.4 Å². The third kappa shape index (κ3) is 3.07. The average Bonchev–Trinajstić information content (AvgIpc) is 1.82. The van der Waals surface area contributed by atoms with Gasteiger partial charge in [-0.05, 0) is 19.3 Å². The molecule has 0 heterocycles. The van der Waals surface area contributed by atoms with Crippen molar-refractivity contribution < 1.29 is 0 Å². The maximum atomic E-state index is 5.34. The lowest BCUT2D eigenvalue weighted by Gasteiger charge is -2.20. The number of hydrogen-bond acceptors (Lipinski definition) is 2. The van der Waals surface area contributed by atoms with Crippen LogP contribution in [0.1, 0.15) is 19.3 Å². The minimum Gasteiger partial charge on any atom is -0.401 e. The molecule has 1 aliphatic carbocycles. The molecule has 0 unspecified atom stereocenters. The SMILES string of the molecule is C=C(N)CN/C=N\C1CCC1. The molecule has 0 aliphatic heterocycles. The minimum absolute atomic E-state index is 0.563. The fraction of sp³-hybridized carbons (Fsp3) is 0.625. The van der Waals surface area contributed by atoms with Crippen LogP contribution >= 0.6 is 0 Å². The van der Waals surface area contributed by atoms with E-state index in [9.17, 15) is 0 Å². The molecule has 0 aromatic carbocycles. The van der Waals surface area contributed by atoms with Gasteiger partial charge in [0.25, 0.3) is 0 Å². The van der Waals surface area contributed by atoms with Crippen molar-refractivity contribution in [1.82, 2.24) is 5.32 Å². The first kappa shape index (κ1) is 8.11. The predicted octanol–water partition coefficient (Wildman–Crippen LogP) is 0.629. The number of aliphatic imine (C=N–C) groups is 1. The molecule has 3 nitrogen and oxygen atoms in total. The Morgan fingerprint density at radius 2 is 2.45 bits per heavy atom. The van der Waals surface area contributed by atoms with E-state index < -0.39 is 0 Å². The van der Waals surface area contributed by atoms with Crippen LogP contribution in [0.25, 0.3) is 0 Å². The molecule has 0 aromatic heterocycles. The number of nitrogens with two attached hydrogens (primary N) is 1. The summed E-state index contributed by atoms with van der Waals surface area (Å²) in [4.78, 5) is 4.27. The van der Waals surface area contributed by atoms with Crippen molar-refractivity contribution in [3.63, 3.8) is 0 Å². The van der Waals surface area contributed by atoms with Crippen molar-refractivity contribution in [1.29, 1.82) is 0 Å². The summed E-state index contributed by atoms with van der Waals surface area (Å²) < 4.78 is 0. The van der Waals surface area contributed by atoms with E-state index in [2.05, 4.69) is 16.9 Å². The highest BCUT2D eigenvalue weighted by Gasteiger charge is 2.14. The molecule has 1 saturated carbocycles. The summed E-state index contributed by atoms with van der Waals surface area (Å²) in [5.41, 5.74) is 5.98. The van der Waals surface area contributed by atoms with Gasteiger partial charge in [-0.1, -0.05) is 6.58 Å². The van der Waals surface area contributed by atoms with E-state index in [-0.39, 0.29) is 0 Å². The maximum absolute atomic E-state index is 5.34. The van der Waals surface area contributed by atoms with Crippen molar-refractivity contribution in [3.8, 4) is 0 Å². The predicted molar refractivity (Wildman–Crippen MR) is 47.5 cm³/mol. The van der Waals surface area contributed by atoms with Gasteiger partial charge in [-0.2, -0.15) is 0 Å². The molecule has 0 bridgehead atoms. The van der Waals surface area contributed by atoms with Crippen molar-refractivity contribution >= 4 is 6.34 Å². The van der Waals surface area contributed by atoms with E-state index in [0.29, 0.717) is 18.3 Å². The van der Waals surface area contributed by atoms with Crippen molar-refractivity contribution in [3.05, 3.63) is 12.3 Å². The molecule has 1 aliphatic rings. The molecule has 11 heavy (non-hydrogen) atoms. The van der Waals surface area contributed by atoms with Crippen LogP contribution in [-0.4, -0.2) is 18.9 Å². The molecule has 0 saturated heterocycles. The summed E-state index contributed by atoms with van der Waals surface area (Å²) in [6.45, 7) is 4.18. The fourth-order valence-electron chi connectivity index (χ4n) is 0.871. The second-order valence-corrected chi connectivity index (χ2v) is 2.90. The molecule has 3 N–H and O–H groups in total. The third-order valence-corrected chi connectivity index (χ3v) is 1.78. The van der Waals surface area contributed by atoms with Crippen LogP contribution in [-0.2, 0) is 0 Å². The van der Waals surface area contributed by atoms with E-state index >= 15 is 0 Å². The molecule has 0 amide bonds. The zero-order valence-corrected chi connectivity index (χ0v) is 6.71. The van der Waals surface area contributed by atoms with Gasteiger partial charge in [0, 0.05) is 5.70 Å². The average molecular weight is 153 g/mol. The molecule has 0 spiro atoms. The first-order valence-corrected chi connectivity index (χ1v) is 3.97. The van der Waals surface area contributed by atoms with Gasteiger partial charge in [-0.25, -0.2) is 0 Å². The van der Waals surface area contributed by atoms with Gasteiger partial charge >= 0.3 is 0 Å². The lowest BCUT2D eigenvalue weighted by atomic mass is 9.94. The Labute approximate surface area is 67.4 Å². The van der Waals surface area contributed by atoms with Crippen LogP contribution in [0.5, 0.6) is 0 Å². The first-order valence-electron chi connectivity index (χ1n) is 3.97. The van der Waals surface area contributed by atoms with Gasteiger partial charge in [-0.15, -0.1) is 0 Å². The maximum Gasteiger partial charge on any atom is 0.0830 e. The zero-order chi connectivity index (χ0) is 8.10.